The second-order valence-corrected chi connectivity index (χ2v) is 5.59. The number of ether oxygens (including phenoxy) is 2. The summed E-state index contributed by atoms with van der Waals surface area (Å²) in [5.74, 6) is -0.103. The van der Waals surface area contributed by atoms with Gasteiger partial charge in [0.05, 0.1) is 7.11 Å². The Morgan fingerprint density at radius 2 is 2.05 bits per heavy atom. The van der Waals surface area contributed by atoms with Gasteiger partial charge in [0.2, 0.25) is 0 Å². The lowest BCUT2D eigenvalue weighted by atomic mass is 10.2. The summed E-state index contributed by atoms with van der Waals surface area (Å²) in [6, 6.07) is 10.2. The molecule has 2 N–H and O–H groups in total. The average Bonchev–Trinajstić information content (AvgIpc) is 2.46. The molecule has 2 aromatic carbocycles. The van der Waals surface area contributed by atoms with Crippen LogP contribution in [-0.2, 0) is 11.3 Å². The second-order valence-electron chi connectivity index (χ2n) is 4.27. The number of methoxy groups -OCH3 is 1. The van der Waals surface area contributed by atoms with Crippen molar-refractivity contribution in [2.24, 2.45) is 0 Å². The molecule has 0 saturated heterocycles. The third-order valence-electron chi connectivity index (χ3n) is 2.82. The molecule has 0 atom stereocenters. The molecule has 21 heavy (non-hydrogen) atoms. The molecule has 0 amide bonds. The fourth-order valence-corrected chi connectivity index (χ4v) is 2.47. The van der Waals surface area contributed by atoms with E-state index in [0.717, 1.165) is 10.0 Å². The minimum absolute atomic E-state index is 0.0723. The molecule has 110 valence electrons. The van der Waals surface area contributed by atoms with Crippen LogP contribution in [0.1, 0.15) is 15.9 Å². The Balaban J connectivity index is 2.13. The smallest absolute Gasteiger partial charge is 0.342 e. The van der Waals surface area contributed by atoms with Crippen molar-refractivity contribution in [3.63, 3.8) is 0 Å². The van der Waals surface area contributed by atoms with Crippen LogP contribution in [0.3, 0.4) is 0 Å². The molecule has 0 saturated carbocycles. The van der Waals surface area contributed by atoms with Gasteiger partial charge in [0.15, 0.2) is 0 Å². The van der Waals surface area contributed by atoms with E-state index in [-0.39, 0.29) is 12.2 Å². The largest absolute Gasteiger partial charge is 0.496 e. The summed E-state index contributed by atoms with van der Waals surface area (Å²) in [7, 11) is 1.48. The van der Waals surface area contributed by atoms with Gasteiger partial charge in [-0.15, -0.1) is 0 Å². The molecule has 0 fully saturated rings. The molecule has 0 heterocycles. The molecule has 0 radical (unpaired) electrons. The molecule has 0 aliphatic heterocycles. The van der Waals surface area contributed by atoms with E-state index in [2.05, 4.69) is 15.9 Å². The van der Waals surface area contributed by atoms with E-state index < -0.39 is 5.97 Å². The Labute approximate surface area is 135 Å². The highest BCUT2D eigenvalue weighted by Crippen LogP contribution is 2.24. The van der Waals surface area contributed by atoms with Crippen molar-refractivity contribution in [2.45, 2.75) is 6.61 Å². The van der Waals surface area contributed by atoms with Crippen molar-refractivity contribution in [1.82, 2.24) is 0 Å². The number of hydrogen-bond donors (Lipinski definition) is 1. The van der Waals surface area contributed by atoms with Gasteiger partial charge in [-0.25, -0.2) is 4.79 Å². The first-order valence-electron chi connectivity index (χ1n) is 6.06. The number of anilines is 1. The van der Waals surface area contributed by atoms with Crippen LogP contribution in [0.15, 0.2) is 40.9 Å². The number of carbonyl (C=O) groups excluding carboxylic acids is 1. The van der Waals surface area contributed by atoms with Crippen molar-refractivity contribution in [1.29, 1.82) is 0 Å². The fourth-order valence-electron chi connectivity index (χ4n) is 1.74. The SMILES string of the molecule is COc1ccc(N)cc1C(=O)OCc1ccc(Br)cc1Cl. The van der Waals surface area contributed by atoms with Gasteiger partial charge in [0.25, 0.3) is 0 Å². The van der Waals surface area contributed by atoms with Crippen LogP contribution in [0, 0.1) is 0 Å². The molecule has 0 unspecified atom stereocenters. The molecule has 2 rings (SSSR count). The molecule has 0 spiro atoms. The highest BCUT2D eigenvalue weighted by Gasteiger charge is 2.15. The first-order valence-corrected chi connectivity index (χ1v) is 7.23. The van der Waals surface area contributed by atoms with Crippen LogP contribution in [0.5, 0.6) is 5.75 Å². The summed E-state index contributed by atoms with van der Waals surface area (Å²) in [6.45, 7) is 0.0723. The van der Waals surface area contributed by atoms with Crippen LogP contribution in [-0.4, -0.2) is 13.1 Å². The molecular formula is C15H13BrClNO3. The van der Waals surface area contributed by atoms with Crippen LogP contribution >= 0.6 is 27.5 Å². The predicted molar refractivity (Wildman–Crippen MR) is 85.7 cm³/mol. The molecule has 0 aliphatic rings. The number of halogens is 2. The number of nitrogen functional groups attached to an aromatic ring is 1. The number of nitrogens with two attached hydrogens (primary N) is 1. The molecule has 0 aromatic heterocycles. The summed E-state index contributed by atoms with van der Waals surface area (Å²) in [4.78, 5) is 12.1. The van der Waals surface area contributed by atoms with Gasteiger partial charge in [0, 0.05) is 20.7 Å². The van der Waals surface area contributed by atoms with Gasteiger partial charge in [-0.1, -0.05) is 33.6 Å². The lowest BCUT2D eigenvalue weighted by Gasteiger charge is -2.10. The summed E-state index contributed by atoms with van der Waals surface area (Å²) in [5.41, 5.74) is 7.14. The Hall–Kier alpha value is -1.72. The zero-order chi connectivity index (χ0) is 15.4. The first-order chi connectivity index (χ1) is 10.0. The summed E-state index contributed by atoms with van der Waals surface area (Å²) >= 11 is 9.39. The Kier molecular flexibility index (Phi) is 5.09. The normalized spacial score (nSPS) is 10.2. The van der Waals surface area contributed by atoms with Gasteiger partial charge >= 0.3 is 5.97 Å². The number of carbonyl (C=O) groups is 1. The molecule has 4 nitrogen and oxygen atoms in total. The molecule has 6 heteroatoms. The molecule has 2 aromatic rings. The highest BCUT2D eigenvalue weighted by molar-refractivity contribution is 9.10. The lowest BCUT2D eigenvalue weighted by Crippen LogP contribution is -2.08. The number of rotatable bonds is 4. The van der Waals surface area contributed by atoms with Crippen LogP contribution in [0.4, 0.5) is 5.69 Å². The molecule has 0 bridgehead atoms. The molecular weight excluding hydrogens is 358 g/mol. The summed E-state index contributed by atoms with van der Waals surface area (Å²) < 4.78 is 11.2. The fraction of sp³-hybridized carbons (Fsp3) is 0.133. The molecule has 0 aliphatic carbocycles. The maximum absolute atomic E-state index is 12.1. The van der Waals surface area contributed by atoms with Crippen molar-refractivity contribution < 1.29 is 14.3 Å². The van der Waals surface area contributed by atoms with Gasteiger partial charge in [0.1, 0.15) is 17.9 Å². The predicted octanol–water partition coefficient (Wildman–Crippen LogP) is 4.05. The van der Waals surface area contributed by atoms with Gasteiger partial charge in [-0.2, -0.15) is 0 Å². The van der Waals surface area contributed by atoms with E-state index in [0.29, 0.717) is 16.5 Å². The maximum atomic E-state index is 12.1. The van der Waals surface area contributed by atoms with Gasteiger partial charge < -0.3 is 15.2 Å². The lowest BCUT2D eigenvalue weighted by molar-refractivity contribution is 0.0469. The zero-order valence-corrected chi connectivity index (χ0v) is 13.6. The van der Waals surface area contributed by atoms with Crippen molar-refractivity contribution in [3.05, 3.63) is 57.0 Å². The average molecular weight is 371 g/mol. The van der Waals surface area contributed by atoms with Gasteiger partial charge in [-0.3, -0.25) is 0 Å². The number of hydrogen-bond acceptors (Lipinski definition) is 4. The zero-order valence-electron chi connectivity index (χ0n) is 11.2. The standard InChI is InChI=1S/C15H13BrClNO3/c1-20-14-5-4-11(18)7-12(14)15(19)21-8-9-2-3-10(16)6-13(9)17/h2-7H,8,18H2,1H3. The van der Waals surface area contributed by atoms with Crippen molar-refractivity contribution in [2.75, 3.05) is 12.8 Å². The Bertz CT molecular complexity index is 676. The third-order valence-corrected chi connectivity index (χ3v) is 3.66. The van der Waals surface area contributed by atoms with E-state index in [1.807, 2.05) is 6.07 Å². The number of benzene rings is 2. The number of esters is 1. The monoisotopic (exact) mass is 369 g/mol. The first kappa shape index (κ1) is 15.7. The van der Waals surface area contributed by atoms with E-state index in [4.69, 9.17) is 26.8 Å². The quantitative estimate of drug-likeness (QED) is 0.651. The van der Waals surface area contributed by atoms with Gasteiger partial charge in [-0.05, 0) is 30.3 Å². The van der Waals surface area contributed by atoms with Crippen molar-refractivity contribution in [3.8, 4) is 5.75 Å². The summed E-state index contributed by atoms with van der Waals surface area (Å²) in [5, 5.41) is 0.525. The Morgan fingerprint density at radius 3 is 2.71 bits per heavy atom. The van der Waals surface area contributed by atoms with Crippen LogP contribution in [0.25, 0.3) is 0 Å². The summed E-state index contributed by atoms with van der Waals surface area (Å²) in [6.07, 6.45) is 0. The van der Waals surface area contributed by atoms with E-state index in [1.54, 1.807) is 24.3 Å². The van der Waals surface area contributed by atoms with Crippen molar-refractivity contribution >= 4 is 39.2 Å². The minimum atomic E-state index is -0.516. The van der Waals surface area contributed by atoms with E-state index in [1.165, 1.54) is 13.2 Å². The van der Waals surface area contributed by atoms with E-state index in [9.17, 15) is 4.79 Å². The maximum Gasteiger partial charge on any atom is 0.342 e. The second kappa shape index (κ2) is 6.83. The highest BCUT2D eigenvalue weighted by atomic mass is 79.9. The van der Waals surface area contributed by atoms with E-state index >= 15 is 0 Å². The topological polar surface area (TPSA) is 61.5 Å². The van der Waals surface area contributed by atoms with Crippen LogP contribution < -0.4 is 10.5 Å². The van der Waals surface area contributed by atoms with Crippen LogP contribution in [0.2, 0.25) is 5.02 Å². The minimum Gasteiger partial charge on any atom is -0.496 e. The Morgan fingerprint density at radius 1 is 1.29 bits per heavy atom. The third kappa shape index (κ3) is 3.89.